The van der Waals surface area contributed by atoms with Gasteiger partial charge in [-0.05, 0) is 47.1 Å². The predicted molar refractivity (Wildman–Crippen MR) is 71.4 cm³/mol. The number of nitrogens with zero attached hydrogens (tertiary/aromatic N) is 1. The SMILES string of the molecule is Cc1ccc(C(=O)O)c(=O)n1-c1ccccc1Br. The van der Waals surface area contributed by atoms with E-state index in [2.05, 4.69) is 15.9 Å². The largest absolute Gasteiger partial charge is 0.477 e. The molecule has 2 rings (SSSR count). The van der Waals surface area contributed by atoms with E-state index < -0.39 is 11.5 Å². The molecule has 0 saturated carbocycles. The van der Waals surface area contributed by atoms with Crippen LogP contribution < -0.4 is 5.56 Å². The average Bonchev–Trinajstić information content (AvgIpc) is 2.31. The highest BCUT2D eigenvalue weighted by Gasteiger charge is 2.14. The topological polar surface area (TPSA) is 59.3 Å². The van der Waals surface area contributed by atoms with Gasteiger partial charge in [0.05, 0.1) is 5.69 Å². The van der Waals surface area contributed by atoms with Crippen LogP contribution in [0.4, 0.5) is 0 Å². The van der Waals surface area contributed by atoms with Crippen LogP contribution in [0.25, 0.3) is 5.69 Å². The fourth-order valence-corrected chi connectivity index (χ4v) is 2.19. The number of pyridine rings is 1. The quantitative estimate of drug-likeness (QED) is 0.927. The molecule has 0 aliphatic rings. The number of para-hydroxylation sites is 1. The maximum atomic E-state index is 12.1. The maximum absolute atomic E-state index is 12.1. The fraction of sp³-hybridized carbons (Fsp3) is 0.0769. The molecule has 2 aromatic rings. The lowest BCUT2D eigenvalue weighted by molar-refractivity contribution is 0.0694. The van der Waals surface area contributed by atoms with Gasteiger partial charge in [0, 0.05) is 10.2 Å². The third-order valence-corrected chi connectivity index (χ3v) is 3.27. The first-order valence-corrected chi connectivity index (χ1v) is 6.02. The molecule has 0 spiro atoms. The summed E-state index contributed by atoms with van der Waals surface area (Å²) in [6.07, 6.45) is 0. The molecule has 1 aromatic carbocycles. The number of rotatable bonds is 2. The summed E-state index contributed by atoms with van der Waals surface area (Å²) in [6.45, 7) is 1.76. The summed E-state index contributed by atoms with van der Waals surface area (Å²) in [7, 11) is 0. The number of carboxylic acids is 1. The van der Waals surface area contributed by atoms with Gasteiger partial charge in [-0.2, -0.15) is 0 Å². The van der Waals surface area contributed by atoms with Crippen LogP contribution >= 0.6 is 15.9 Å². The van der Waals surface area contributed by atoms with Gasteiger partial charge in [0.1, 0.15) is 5.56 Å². The van der Waals surface area contributed by atoms with E-state index in [1.165, 1.54) is 10.6 Å². The second kappa shape index (κ2) is 4.78. The van der Waals surface area contributed by atoms with E-state index >= 15 is 0 Å². The van der Waals surface area contributed by atoms with Crippen molar-refractivity contribution in [2.24, 2.45) is 0 Å². The predicted octanol–water partition coefficient (Wildman–Crippen LogP) is 2.61. The molecule has 0 bridgehead atoms. The summed E-state index contributed by atoms with van der Waals surface area (Å²) in [4.78, 5) is 23.1. The Bertz CT molecular complexity index is 676. The third kappa shape index (κ3) is 2.09. The summed E-state index contributed by atoms with van der Waals surface area (Å²) in [6, 6.07) is 10.1. The van der Waals surface area contributed by atoms with E-state index in [1.54, 1.807) is 31.2 Å². The standard InChI is InChI=1S/C13H10BrNO3/c1-8-6-7-9(13(17)18)12(16)15(8)11-5-3-2-4-10(11)14/h2-7H,1H3,(H,17,18). The molecule has 18 heavy (non-hydrogen) atoms. The molecule has 4 nitrogen and oxygen atoms in total. The van der Waals surface area contributed by atoms with Gasteiger partial charge in [0.2, 0.25) is 0 Å². The number of carbonyl (C=O) groups is 1. The summed E-state index contributed by atoms with van der Waals surface area (Å²) in [5, 5.41) is 8.97. The van der Waals surface area contributed by atoms with Gasteiger partial charge in [-0.15, -0.1) is 0 Å². The lowest BCUT2D eigenvalue weighted by atomic mass is 10.2. The zero-order chi connectivity index (χ0) is 13.3. The highest BCUT2D eigenvalue weighted by atomic mass is 79.9. The summed E-state index contributed by atoms with van der Waals surface area (Å²) >= 11 is 3.36. The van der Waals surface area contributed by atoms with Crippen LogP contribution in [0.5, 0.6) is 0 Å². The molecule has 1 heterocycles. The number of carboxylic acid groups (broad SMARTS) is 1. The van der Waals surface area contributed by atoms with E-state index in [1.807, 2.05) is 6.07 Å². The van der Waals surface area contributed by atoms with Gasteiger partial charge in [-0.1, -0.05) is 12.1 Å². The van der Waals surface area contributed by atoms with Crippen molar-refractivity contribution in [3.8, 4) is 5.69 Å². The van der Waals surface area contributed by atoms with E-state index in [0.29, 0.717) is 11.4 Å². The Balaban J connectivity index is 2.80. The molecular formula is C13H10BrNO3. The number of halogens is 1. The van der Waals surface area contributed by atoms with Crippen molar-refractivity contribution in [1.29, 1.82) is 0 Å². The van der Waals surface area contributed by atoms with E-state index in [4.69, 9.17) is 5.11 Å². The Kier molecular flexibility index (Phi) is 3.34. The van der Waals surface area contributed by atoms with Crippen LogP contribution in [0.3, 0.4) is 0 Å². The molecule has 0 amide bonds. The number of aromatic carboxylic acids is 1. The highest BCUT2D eigenvalue weighted by molar-refractivity contribution is 9.10. The van der Waals surface area contributed by atoms with Crippen molar-refractivity contribution >= 4 is 21.9 Å². The van der Waals surface area contributed by atoms with E-state index in [-0.39, 0.29) is 5.56 Å². The molecule has 0 radical (unpaired) electrons. The van der Waals surface area contributed by atoms with Crippen molar-refractivity contribution in [3.63, 3.8) is 0 Å². The summed E-state index contributed by atoms with van der Waals surface area (Å²) in [5.41, 5.74) is 0.533. The maximum Gasteiger partial charge on any atom is 0.341 e. The third-order valence-electron chi connectivity index (χ3n) is 2.60. The zero-order valence-corrected chi connectivity index (χ0v) is 11.1. The molecule has 0 unspecified atom stereocenters. The zero-order valence-electron chi connectivity index (χ0n) is 9.55. The number of hydrogen-bond acceptors (Lipinski definition) is 2. The molecule has 1 N–H and O–H groups in total. The van der Waals surface area contributed by atoms with Crippen LogP contribution in [-0.2, 0) is 0 Å². The minimum absolute atomic E-state index is 0.239. The first kappa shape index (κ1) is 12.6. The molecule has 0 aliphatic carbocycles. The molecule has 0 aliphatic heterocycles. The van der Waals surface area contributed by atoms with Crippen molar-refractivity contribution in [2.45, 2.75) is 6.92 Å². The van der Waals surface area contributed by atoms with E-state index in [0.717, 1.165) is 4.47 Å². The second-order valence-electron chi connectivity index (χ2n) is 3.79. The first-order valence-electron chi connectivity index (χ1n) is 5.23. The summed E-state index contributed by atoms with van der Waals surface area (Å²) in [5.74, 6) is -1.22. The molecule has 0 fully saturated rings. The molecule has 92 valence electrons. The minimum atomic E-state index is -1.22. The van der Waals surface area contributed by atoms with Crippen LogP contribution in [0.2, 0.25) is 0 Å². The highest BCUT2D eigenvalue weighted by Crippen LogP contribution is 2.20. The van der Waals surface area contributed by atoms with Gasteiger partial charge in [-0.25, -0.2) is 4.79 Å². The van der Waals surface area contributed by atoms with Gasteiger partial charge in [0.25, 0.3) is 5.56 Å². The van der Waals surface area contributed by atoms with E-state index in [9.17, 15) is 9.59 Å². The summed E-state index contributed by atoms with van der Waals surface area (Å²) < 4.78 is 2.12. The molecular weight excluding hydrogens is 298 g/mol. The van der Waals surface area contributed by atoms with Crippen LogP contribution in [0.15, 0.2) is 45.7 Å². The monoisotopic (exact) mass is 307 g/mol. The number of benzene rings is 1. The Hall–Kier alpha value is -1.88. The molecule has 0 atom stereocenters. The fourth-order valence-electron chi connectivity index (χ4n) is 1.73. The van der Waals surface area contributed by atoms with Crippen molar-refractivity contribution in [1.82, 2.24) is 4.57 Å². The van der Waals surface area contributed by atoms with Gasteiger partial charge in [-0.3, -0.25) is 9.36 Å². The lowest BCUT2D eigenvalue weighted by Gasteiger charge is -2.12. The Labute approximate surface area is 112 Å². The first-order chi connectivity index (χ1) is 8.52. The van der Waals surface area contributed by atoms with Crippen molar-refractivity contribution in [3.05, 3.63) is 62.5 Å². The van der Waals surface area contributed by atoms with Crippen LogP contribution in [0, 0.1) is 6.92 Å². The smallest absolute Gasteiger partial charge is 0.341 e. The van der Waals surface area contributed by atoms with Gasteiger partial charge < -0.3 is 5.11 Å². The lowest BCUT2D eigenvalue weighted by Crippen LogP contribution is -2.26. The molecule has 1 aromatic heterocycles. The molecule has 5 heteroatoms. The van der Waals surface area contributed by atoms with Gasteiger partial charge >= 0.3 is 5.97 Å². The molecule has 0 saturated heterocycles. The van der Waals surface area contributed by atoms with Crippen molar-refractivity contribution in [2.75, 3.05) is 0 Å². The second-order valence-corrected chi connectivity index (χ2v) is 4.64. The Morgan fingerprint density at radius 2 is 1.89 bits per heavy atom. The van der Waals surface area contributed by atoms with Gasteiger partial charge in [0.15, 0.2) is 0 Å². The van der Waals surface area contributed by atoms with Crippen LogP contribution in [0.1, 0.15) is 16.1 Å². The average molecular weight is 308 g/mol. The van der Waals surface area contributed by atoms with Crippen molar-refractivity contribution < 1.29 is 9.90 Å². The number of aryl methyl sites for hydroxylation is 1. The Morgan fingerprint density at radius 1 is 1.22 bits per heavy atom. The number of hydrogen-bond donors (Lipinski definition) is 1. The Morgan fingerprint density at radius 3 is 2.50 bits per heavy atom. The van der Waals surface area contributed by atoms with Crippen LogP contribution in [-0.4, -0.2) is 15.6 Å². The minimum Gasteiger partial charge on any atom is -0.477 e. The normalized spacial score (nSPS) is 10.3. The number of aromatic nitrogens is 1.